The summed E-state index contributed by atoms with van der Waals surface area (Å²) in [7, 11) is 0. The molecular weight excluding hydrogens is 1110 g/mol. The molecule has 0 unspecified atom stereocenters. The molecule has 0 aliphatic rings. The lowest BCUT2D eigenvalue weighted by Gasteiger charge is -2.31. The summed E-state index contributed by atoms with van der Waals surface area (Å²) in [6.45, 7) is 11.0. The van der Waals surface area contributed by atoms with Crippen LogP contribution in [0.2, 0.25) is 0 Å². The summed E-state index contributed by atoms with van der Waals surface area (Å²) < 4.78 is 2.11. The first-order valence-corrected chi connectivity index (χ1v) is 29.5. The Balaban J connectivity index is 1.09. The third kappa shape index (κ3) is 18.0. The molecule has 0 radical (unpaired) electrons. The lowest BCUT2D eigenvalue weighted by molar-refractivity contribution is -0.142. The van der Waals surface area contributed by atoms with Crippen LogP contribution in [0.15, 0.2) is 96.3 Å². The van der Waals surface area contributed by atoms with Crippen molar-refractivity contribution in [1.29, 1.82) is 0 Å². The number of carboxylic acid groups (broad SMARTS) is 2. The minimum atomic E-state index is -1.79. The molecule has 6 rings (SSSR count). The summed E-state index contributed by atoms with van der Waals surface area (Å²) in [4.78, 5) is 146. The molecule has 24 heteroatoms. The summed E-state index contributed by atoms with van der Waals surface area (Å²) in [5.74, 6) is -9.93. The number of aromatic amines is 2. The van der Waals surface area contributed by atoms with Gasteiger partial charge >= 0.3 is 11.9 Å². The van der Waals surface area contributed by atoms with Gasteiger partial charge < -0.3 is 62.0 Å². The first-order chi connectivity index (χ1) is 40.6. The molecule has 6 aromatic rings. The Morgan fingerprint density at radius 3 is 1.69 bits per heavy atom. The van der Waals surface area contributed by atoms with Crippen LogP contribution >= 0.6 is 12.6 Å². The minimum absolute atomic E-state index is 0.0151. The van der Waals surface area contributed by atoms with E-state index in [0.29, 0.717) is 60.7 Å². The molecule has 23 nitrogen and oxygen atoms in total. The number of fused-ring (bicyclic) bond motifs is 3. The van der Waals surface area contributed by atoms with Crippen molar-refractivity contribution in [2.75, 3.05) is 5.75 Å². The number of unbranched alkanes of at least 4 members (excludes halogenated alkanes) is 2. The maximum Gasteiger partial charge on any atom is 0.326 e. The van der Waals surface area contributed by atoms with Gasteiger partial charge in [0.2, 0.25) is 41.4 Å². The Hall–Kier alpha value is -8.54. The topological polar surface area (TPSA) is 345 Å². The SMILES string of the molecule is CC[C@H](C)[C@H](NC(=O)[C@H](CC(=O)O)NC(=O)[C@H](CC(C)C)NC(=O)[C@H](Cc1cnc[nH]1)NC(=O)[C@H](CS)NC(=O)CCCCCn1c2ccccc2c(=O)c2ccccc21)C(=O)N[C@H](C(=O)N[C@@H](Cc1c[nH]c2ccccc12)C(=O)O)[C@@H](C)CC. The van der Waals surface area contributed by atoms with Gasteiger partial charge in [0.15, 0.2) is 5.43 Å². The number of pyridine rings is 1. The number of carboxylic acids is 2. The predicted molar refractivity (Wildman–Crippen MR) is 324 cm³/mol. The molecule has 11 N–H and O–H groups in total. The lowest BCUT2D eigenvalue weighted by Crippen LogP contribution is -2.62. The molecule has 0 aliphatic carbocycles. The van der Waals surface area contributed by atoms with E-state index in [1.165, 1.54) is 12.5 Å². The standard InChI is InChI=1S/C61H79N11O12S/c1-7-35(5)52(59(81)69-46(61(83)84)27-37-30-63-42-21-14-11-18-39(37)42)71-60(82)53(36(6)8-2)70-57(79)45(29-51(74)75)68-55(77)43(26-34(3)4)66-56(78)44(28-38-31-62-33-64-38)67-58(80)47(32-85)65-50(73)24-10-9-17-25-72-48-22-15-12-19-40(48)54(76)41-20-13-16-23-49(41)72/h11-16,18-23,30-31,33-36,43-47,52-53,63,85H,7-10,17,24-29,32H2,1-6H3,(H,62,64)(H,65,73)(H,66,78)(H,67,80)(H,68,77)(H,69,81)(H,70,79)(H,71,82)(H,74,75)(H,83,84)/t35-,36-,43-,44-,45-,46-,47-,52-,53-/m0/s1. The molecular formula is C61H79N11O12S. The predicted octanol–water partition coefficient (Wildman–Crippen LogP) is 4.43. The van der Waals surface area contributed by atoms with Gasteiger partial charge in [-0.15, -0.1) is 0 Å². The van der Waals surface area contributed by atoms with E-state index in [4.69, 9.17) is 0 Å². The average Bonchev–Trinajstić information content (AvgIpc) is 4.37. The normalized spacial score (nSPS) is 14.6. The third-order valence-corrected chi connectivity index (χ3v) is 15.6. The number of hydrogen-bond acceptors (Lipinski definition) is 12. The molecule has 456 valence electrons. The number of hydrogen-bond donors (Lipinski definition) is 12. The number of para-hydroxylation sites is 3. The van der Waals surface area contributed by atoms with Gasteiger partial charge in [0.25, 0.3) is 0 Å². The molecule has 0 fully saturated rings. The molecule has 0 aliphatic heterocycles. The van der Waals surface area contributed by atoms with E-state index in [2.05, 4.69) is 69.4 Å². The Labute approximate surface area is 497 Å². The fourth-order valence-corrected chi connectivity index (χ4v) is 10.4. The van der Waals surface area contributed by atoms with Crippen LogP contribution in [0, 0.1) is 17.8 Å². The quantitative estimate of drug-likeness (QED) is 0.0154. The van der Waals surface area contributed by atoms with Gasteiger partial charge in [0.05, 0.1) is 23.8 Å². The molecule has 0 bridgehead atoms. The number of rotatable bonds is 33. The summed E-state index contributed by atoms with van der Waals surface area (Å²) in [5.41, 5.74) is 3.46. The highest BCUT2D eigenvalue weighted by atomic mass is 32.1. The van der Waals surface area contributed by atoms with Crippen molar-refractivity contribution in [2.45, 2.75) is 155 Å². The van der Waals surface area contributed by atoms with E-state index in [0.717, 1.165) is 21.9 Å². The van der Waals surface area contributed by atoms with E-state index < -0.39 is 114 Å². The highest BCUT2D eigenvalue weighted by Crippen LogP contribution is 2.22. The molecule has 9 atom stereocenters. The largest absolute Gasteiger partial charge is 0.481 e. The maximum atomic E-state index is 14.3. The van der Waals surface area contributed by atoms with Crippen LogP contribution < -0.4 is 42.6 Å². The van der Waals surface area contributed by atoms with Crippen LogP contribution in [0.3, 0.4) is 0 Å². The van der Waals surface area contributed by atoms with Crippen molar-refractivity contribution in [2.24, 2.45) is 17.8 Å². The second-order valence-corrected chi connectivity index (χ2v) is 22.4. The van der Waals surface area contributed by atoms with Gasteiger partial charge in [-0.05, 0) is 72.9 Å². The summed E-state index contributed by atoms with van der Waals surface area (Å²) in [5, 5.41) is 40.6. The van der Waals surface area contributed by atoms with Crippen molar-refractivity contribution in [3.05, 3.63) is 113 Å². The molecule has 0 saturated carbocycles. The molecule has 3 aromatic carbocycles. The fraction of sp³-hybridized carbons (Fsp3) is 0.459. The van der Waals surface area contributed by atoms with E-state index in [1.54, 1.807) is 53.8 Å². The van der Waals surface area contributed by atoms with Crippen molar-refractivity contribution in [1.82, 2.24) is 56.7 Å². The first kappa shape index (κ1) is 65.6. The Kier molecular flexibility index (Phi) is 24.2. The Morgan fingerprint density at radius 1 is 0.588 bits per heavy atom. The maximum absolute atomic E-state index is 14.3. The number of H-pyrrole nitrogens is 2. The number of amides is 7. The van der Waals surface area contributed by atoms with Gasteiger partial charge in [0, 0.05) is 71.3 Å². The number of carbonyl (C=O) groups excluding carboxylic acids is 7. The smallest absolute Gasteiger partial charge is 0.326 e. The van der Waals surface area contributed by atoms with Gasteiger partial charge in [-0.25, -0.2) is 9.78 Å². The zero-order valence-corrected chi connectivity index (χ0v) is 49.6. The van der Waals surface area contributed by atoms with Gasteiger partial charge in [-0.3, -0.25) is 43.2 Å². The van der Waals surface area contributed by atoms with E-state index in [-0.39, 0.29) is 42.8 Å². The van der Waals surface area contributed by atoms with E-state index in [9.17, 15) is 58.2 Å². The lowest BCUT2D eigenvalue weighted by atomic mass is 9.94. The first-order valence-electron chi connectivity index (χ1n) is 28.8. The highest BCUT2D eigenvalue weighted by molar-refractivity contribution is 7.80. The van der Waals surface area contributed by atoms with Crippen molar-refractivity contribution in [3.8, 4) is 0 Å². The molecule has 3 heterocycles. The number of aliphatic carboxylic acids is 2. The highest BCUT2D eigenvalue weighted by Gasteiger charge is 2.37. The number of aryl methyl sites for hydroxylation is 1. The monoisotopic (exact) mass is 1190 g/mol. The number of nitrogens with one attached hydrogen (secondary N) is 9. The van der Waals surface area contributed by atoms with Crippen molar-refractivity contribution >= 4 is 98.6 Å². The van der Waals surface area contributed by atoms with E-state index in [1.807, 2.05) is 66.7 Å². The second kappa shape index (κ2) is 31.4. The Bertz CT molecular complexity index is 3320. The zero-order chi connectivity index (χ0) is 61.9. The Morgan fingerprint density at radius 2 is 1.12 bits per heavy atom. The van der Waals surface area contributed by atoms with Crippen LogP contribution in [0.25, 0.3) is 32.7 Å². The molecule has 7 amide bonds. The minimum Gasteiger partial charge on any atom is -0.481 e. The molecule has 0 saturated heterocycles. The second-order valence-electron chi connectivity index (χ2n) is 22.0. The van der Waals surface area contributed by atoms with Crippen LogP contribution in [-0.4, -0.2) is 131 Å². The van der Waals surface area contributed by atoms with Crippen LogP contribution in [0.4, 0.5) is 0 Å². The third-order valence-electron chi connectivity index (χ3n) is 15.3. The van der Waals surface area contributed by atoms with Crippen LogP contribution in [0.5, 0.6) is 0 Å². The fourth-order valence-electron chi connectivity index (χ4n) is 10.1. The summed E-state index contributed by atoms with van der Waals surface area (Å²) >= 11 is 4.33. The number of carbonyl (C=O) groups is 9. The van der Waals surface area contributed by atoms with Crippen molar-refractivity contribution < 1.29 is 53.4 Å². The van der Waals surface area contributed by atoms with Gasteiger partial charge in [-0.2, -0.15) is 12.6 Å². The number of thiol groups is 1. The number of aromatic nitrogens is 4. The van der Waals surface area contributed by atoms with Crippen LogP contribution in [0.1, 0.15) is 104 Å². The van der Waals surface area contributed by atoms with Crippen molar-refractivity contribution in [3.63, 3.8) is 0 Å². The average molecular weight is 1190 g/mol. The number of benzene rings is 3. The summed E-state index contributed by atoms with van der Waals surface area (Å²) in [6, 6.07) is 12.4. The van der Waals surface area contributed by atoms with E-state index >= 15 is 0 Å². The molecule has 0 spiro atoms. The van der Waals surface area contributed by atoms with Gasteiger partial charge in [-0.1, -0.05) is 103 Å². The molecule has 3 aromatic heterocycles. The molecule has 85 heavy (non-hydrogen) atoms. The number of imidazole rings is 1. The van der Waals surface area contributed by atoms with Crippen LogP contribution in [-0.2, 0) is 62.5 Å². The number of nitrogens with zero attached hydrogens (tertiary/aromatic N) is 2. The zero-order valence-electron chi connectivity index (χ0n) is 48.7. The summed E-state index contributed by atoms with van der Waals surface area (Å²) in [6.07, 6.45) is 5.93. The van der Waals surface area contributed by atoms with Gasteiger partial charge in [0.1, 0.15) is 42.3 Å².